The maximum atomic E-state index is 11.5. The lowest BCUT2D eigenvalue weighted by atomic mass is 9.95. The smallest absolute Gasteiger partial charge is 0.314 e. The van der Waals surface area contributed by atoms with Crippen molar-refractivity contribution in [3.8, 4) is 5.75 Å². The molecule has 1 aromatic rings. The third-order valence-electron chi connectivity index (χ3n) is 2.22. The molecule has 1 aromatic carbocycles. The standard InChI is InChI=1S/C12H14ClIO3/c1-12(2,11(15)16-3)7-17-10-5-4-8(13)6-9(10)14/h4-6H,7H2,1-3H3. The number of hydrogen-bond acceptors (Lipinski definition) is 3. The van der Waals surface area contributed by atoms with Crippen LogP contribution in [0.3, 0.4) is 0 Å². The van der Waals surface area contributed by atoms with Gasteiger partial charge in [0.15, 0.2) is 0 Å². The van der Waals surface area contributed by atoms with Gasteiger partial charge in [0.25, 0.3) is 0 Å². The van der Waals surface area contributed by atoms with E-state index in [1.54, 1.807) is 26.0 Å². The molecule has 0 fully saturated rings. The van der Waals surface area contributed by atoms with E-state index < -0.39 is 5.41 Å². The first-order valence-electron chi connectivity index (χ1n) is 5.03. The molecule has 0 N–H and O–H groups in total. The maximum absolute atomic E-state index is 11.5. The van der Waals surface area contributed by atoms with Crippen LogP contribution in [0.5, 0.6) is 5.75 Å². The van der Waals surface area contributed by atoms with E-state index in [4.69, 9.17) is 21.1 Å². The molecular formula is C12H14ClIO3. The number of carbonyl (C=O) groups excluding carboxylic acids is 1. The van der Waals surface area contributed by atoms with Crippen LogP contribution in [0.4, 0.5) is 0 Å². The van der Waals surface area contributed by atoms with Crippen LogP contribution in [0.15, 0.2) is 18.2 Å². The van der Waals surface area contributed by atoms with Gasteiger partial charge in [-0.05, 0) is 54.6 Å². The minimum atomic E-state index is -0.669. The van der Waals surface area contributed by atoms with Gasteiger partial charge in [0, 0.05) is 5.02 Å². The molecule has 3 nitrogen and oxygen atoms in total. The van der Waals surface area contributed by atoms with E-state index in [-0.39, 0.29) is 12.6 Å². The van der Waals surface area contributed by atoms with Crippen molar-refractivity contribution in [1.82, 2.24) is 0 Å². The van der Waals surface area contributed by atoms with Crippen molar-refractivity contribution in [1.29, 1.82) is 0 Å². The van der Waals surface area contributed by atoms with Gasteiger partial charge in [-0.1, -0.05) is 11.6 Å². The largest absolute Gasteiger partial charge is 0.491 e. The van der Waals surface area contributed by atoms with Gasteiger partial charge in [-0.3, -0.25) is 4.79 Å². The highest BCUT2D eigenvalue weighted by Crippen LogP contribution is 2.26. The molecule has 0 spiro atoms. The molecule has 0 aliphatic rings. The van der Waals surface area contributed by atoms with Crippen LogP contribution in [0.1, 0.15) is 13.8 Å². The van der Waals surface area contributed by atoms with Crippen LogP contribution in [0, 0.1) is 8.99 Å². The third-order valence-corrected chi connectivity index (χ3v) is 3.30. The van der Waals surface area contributed by atoms with Crippen LogP contribution in [0.2, 0.25) is 5.02 Å². The lowest BCUT2D eigenvalue weighted by Gasteiger charge is -2.22. The molecule has 0 aliphatic carbocycles. The van der Waals surface area contributed by atoms with Crippen molar-refractivity contribution >= 4 is 40.2 Å². The highest BCUT2D eigenvalue weighted by atomic mass is 127. The Kier molecular flexibility index (Phi) is 5.06. The molecule has 0 atom stereocenters. The summed E-state index contributed by atoms with van der Waals surface area (Å²) in [5.41, 5.74) is -0.669. The van der Waals surface area contributed by atoms with E-state index in [0.717, 1.165) is 3.57 Å². The molecule has 0 amide bonds. The van der Waals surface area contributed by atoms with Gasteiger partial charge in [-0.15, -0.1) is 0 Å². The summed E-state index contributed by atoms with van der Waals surface area (Å²) in [4.78, 5) is 11.5. The van der Waals surface area contributed by atoms with Crippen molar-refractivity contribution in [3.63, 3.8) is 0 Å². The number of carbonyl (C=O) groups is 1. The highest BCUT2D eigenvalue weighted by molar-refractivity contribution is 14.1. The second kappa shape index (κ2) is 5.91. The SMILES string of the molecule is COC(=O)C(C)(C)COc1ccc(Cl)cc1I. The van der Waals surface area contributed by atoms with Crippen LogP contribution in [0.25, 0.3) is 0 Å². The lowest BCUT2D eigenvalue weighted by molar-refractivity contribution is -0.152. The van der Waals surface area contributed by atoms with Gasteiger partial charge >= 0.3 is 5.97 Å². The number of methoxy groups -OCH3 is 1. The Hall–Kier alpha value is -0.490. The fourth-order valence-corrected chi connectivity index (χ4v) is 2.21. The number of hydrogen-bond donors (Lipinski definition) is 0. The van der Waals surface area contributed by atoms with Gasteiger partial charge in [-0.25, -0.2) is 0 Å². The Morgan fingerprint density at radius 1 is 1.47 bits per heavy atom. The van der Waals surface area contributed by atoms with E-state index in [9.17, 15) is 4.79 Å². The summed E-state index contributed by atoms with van der Waals surface area (Å²) in [6.45, 7) is 3.82. The predicted octanol–water partition coefficient (Wildman–Crippen LogP) is 3.52. The van der Waals surface area contributed by atoms with Crippen LogP contribution < -0.4 is 4.74 Å². The highest BCUT2D eigenvalue weighted by Gasteiger charge is 2.29. The fourth-order valence-electron chi connectivity index (χ4n) is 1.19. The molecule has 0 heterocycles. The molecule has 0 radical (unpaired) electrons. The maximum Gasteiger partial charge on any atom is 0.314 e. The second-order valence-electron chi connectivity index (χ2n) is 4.24. The predicted molar refractivity (Wildman–Crippen MR) is 75.5 cm³/mol. The molecule has 0 bridgehead atoms. The first-order chi connectivity index (χ1) is 7.86. The van der Waals surface area contributed by atoms with Crippen LogP contribution >= 0.6 is 34.2 Å². The minimum absolute atomic E-state index is 0.261. The van der Waals surface area contributed by atoms with Gasteiger partial charge in [0.05, 0.1) is 16.1 Å². The molecule has 5 heteroatoms. The summed E-state index contributed by atoms with van der Waals surface area (Å²) in [6.07, 6.45) is 0. The average molecular weight is 369 g/mol. The zero-order chi connectivity index (χ0) is 13.1. The first-order valence-corrected chi connectivity index (χ1v) is 6.49. The van der Waals surface area contributed by atoms with Crippen LogP contribution in [-0.2, 0) is 9.53 Å². The second-order valence-corrected chi connectivity index (χ2v) is 5.84. The van der Waals surface area contributed by atoms with E-state index in [0.29, 0.717) is 10.8 Å². The molecule has 1 rings (SSSR count). The van der Waals surface area contributed by atoms with Crippen molar-refractivity contribution in [3.05, 3.63) is 26.8 Å². The molecule has 0 aliphatic heterocycles. The third kappa shape index (κ3) is 4.03. The quantitative estimate of drug-likeness (QED) is 0.602. The van der Waals surface area contributed by atoms with Gasteiger partial charge in [0.1, 0.15) is 12.4 Å². The van der Waals surface area contributed by atoms with Gasteiger partial charge in [0.2, 0.25) is 0 Å². The molecule has 0 unspecified atom stereocenters. The van der Waals surface area contributed by atoms with E-state index >= 15 is 0 Å². The van der Waals surface area contributed by atoms with Crippen molar-refractivity contribution in [2.75, 3.05) is 13.7 Å². The van der Waals surface area contributed by atoms with E-state index in [1.165, 1.54) is 7.11 Å². The Labute approximate surface area is 120 Å². The molecule has 0 aromatic heterocycles. The minimum Gasteiger partial charge on any atom is -0.491 e. The normalized spacial score (nSPS) is 11.1. The summed E-state index contributed by atoms with van der Waals surface area (Å²) < 4.78 is 11.2. The van der Waals surface area contributed by atoms with E-state index in [2.05, 4.69) is 22.6 Å². The van der Waals surface area contributed by atoms with Crippen molar-refractivity contribution < 1.29 is 14.3 Å². The summed E-state index contributed by atoms with van der Waals surface area (Å²) in [5.74, 6) is 0.424. The van der Waals surface area contributed by atoms with Gasteiger partial charge in [-0.2, -0.15) is 0 Å². The number of rotatable bonds is 4. The number of esters is 1. The Balaban J connectivity index is 2.70. The Morgan fingerprint density at radius 2 is 2.12 bits per heavy atom. The van der Waals surface area contributed by atoms with Crippen molar-refractivity contribution in [2.24, 2.45) is 5.41 Å². The first kappa shape index (κ1) is 14.6. The summed E-state index contributed by atoms with van der Waals surface area (Å²) in [6, 6.07) is 5.35. The zero-order valence-corrected chi connectivity index (χ0v) is 12.8. The molecule has 17 heavy (non-hydrogen) atoms. The Bertz CT molecular complexity index is 418. The van der Waals surface area contributed by atoms with Gasteiger partial charge < -0.3 is 9.47 Å². The van der Waals surface area contributed by atoms with Crippen molar-refractivity contribution in [2.45, 2.75) is 13.8 Å². The van der Waals surface area contributed by atoms with Crippen LogP contribution in [-0.4, -0.2) is 19.7 Å². The topological polar surface area (TPSA) is 35.5 Å². The zero-order valence-electron chi connectivity index (χ0n) is 9.92. The summed E-state index contributed by atoms with van der Waals surface area (Å²) in [7, 11) is 1.37. The number of benzene rings is 1. The number of halogens is 2. The van der Waals surface area contributed by atoms with E-state index in [1.807, 2.05) is 6.07 Å². The Morgan fingerprint density at radius 3 is 2.65 bits per heavy atom. The monoisotopic (exact) mass is 368 g/mol. The summed E-state index contributed by atoms with van der Waals surface area (Å²) in [5, 5.41) is 0.661. The molecule has 94 valence electrons. The average Bonchev–Trinajstić information content (AvgIpc) is 2.26. The molecular weight excluding hydrogens is 354 g/mol. The molecule has 0 saturated heterocycles. The lowest BCUT2D eigenvalue weighted by Crippen LogP contribution is -2.32. The molecule has 0 saturated carbocycles. The number of ether oxygens (including phenoxy) is 2. The summed E-state index contributed by atoms with van der Waals surface area (Å²) >= 11 is 7.98. The fraction of sp³-hybridized carbons (Fsp3) is 0.417.